The molecule has 1 aliphatic carbocycles. The van der Waals surface area contributed by atoms with Crippen molar-refractivity contribution in [1.82, 2.24) is 14.3 Å². The third kappa shape index (κ3) is 4.66. The Kier molecular flexibility index (Phi) is 6.53. The van der Waals surface area contributed by atoms with E-state index in [0.717, 1.165) is 36.3 Å². The molecule has 10 heteroatoms. The average molecular weight is 471 g/mol. The smallest absolute Gasteiger partial charge is 0.361 e. The summed E-state index contributed by atoms with van der Waals surface area (Å²) in [5.74, 6) is 0.551. The summed E-state index contributed by atoms with van der Waals surface area (Å²) >= 11 is 0. The normalized spacial score (nSPS) is 21.0. The minimum atomic E-state index is -5.44. The molecule has 2 heterocycles. The molecule has 4 rings (SSSR count). The number of rotatable bonds is 6. The lowest BCUT2D eigenvalue weighted by Crippen LogP contribution is -2.47. The van der Waals surface area contributed by atoms with Crippen LogP contribution in [0.2, 0.25) is 0 Å². The minimum absolute atomic E-state index is 0.202. The molecule has 0 radical (unpaired) electrons. The first-order valence-electron chi connectivity index (χ1n) is 11.1. The maximum absolute atomic E-state index is 13.5. The van der Waals surface area contributed by atoms with Crippen LogP contribution in [-0.2, 0) is 23.1 Å². The van der Waals surface area contributed by atoms with Gasteiger partial charge in [-0.2, -0.15) is 17.5 Å². The number of fused-ring (bicyclic) bond motifs is 1. The number of aryl methyl sites for hydroxylation is 1. The van der Waals surface area contributed by atoms with Crippen LogP contribution in [0.4, 0.5) is 18.9 Å². The lowest BCUT2D eigenvalue weighted by atomic mass is 9.97. The molecule has 0 saturated heterocycles. The van der Waals surface area contributed by atoms with Crippen molar-refractivity contribution in [3.8, 4) is 0 Å². The Morgan fingerprint density at radius 2 is 1.88 bits per heavy atom. The van der Waals surface area contributed by atoms with E-state index < -0.39 is 15.5 Å². The number of hydrogen-bond acceptors (Lipinski definition) is 4. The standard InChI is InChI=1S/C22H29F3N4O2S/c1-16-20(27-15-26-16)14-29-19(11-10-17-6-2-3-7-17)13-28(32(30,31)22(23,24)25)12-18-8-4-5-9-21(18)29/h4-5,8-9,15,17,19H,2-3,6-7,10-14H2,1H3,(H,26,27)/t19-/m1/s1. The largest absolute Gasteiger partial charge is 0.511 e. The highest BCUT2D eigenvalue weighted by Crippen LogP contribution is 2.37. The van der Waals surface area contributed by atoms with E-state index in [0.29, 0.717) is 28.8 Å². The number of sulfonamides is 1. The third-order valence-corrected chi connectivity index (χ3v) is 8.32. The molecule has 1 N–H and O–H groups in total. The number of imidazole rings is 1. The lowest BCUT2D eigenvalue weighted by Gasteiger charge is -2.34. The van der Waals surface area contributed by atoms with Gasteiger partial charge in [-0.05, 0) is 37.3 Å². The van der Waals surface area contributed by atoms with Crippen LogP contribution in [0.3, 0.4) is 0 Å². The van der Waals surface area contributed by atoms with Crippen molar-refractivity contribution in [2.24, 2.45) is 5.92 Å². The Morgan fingerprint density at radius 1 is 1.16 bits per heavy atom. The second kappa shape index (κ2) is 9.05. The number of para-hydroxylation sites is 1. The number of hydrogen-bond donors (Lipinski definition) is 1. The summed E-state index contributed by atoms with van der Waals surface area (Å²) in [7, 11) is -5.44. The molecule has 1 atom stereocenters. The first-order chi connectivity index (χ1) is 15.2. The lowest BCUT2D eigenvalue weighted by molar-refractivity contribution is -0.0492. The molecule has 0 unspecified atom stereocenters. The fourth-order valence-electron chi connectivity index (χ4n) is 4.94. The third-order valence-electron chi connectivity index (χ3n) is 6.77. The molecular weight excluding hydrogens is 441 g/mol. The van der Waals surface area contributed by atoms with Crippen molar-refractivity contribution >= 4 is 15.7 Å². The highest BCUT2D eigenvalue weighted by atomic mass is 32.2. The number of halogens is 3. The van der Waals surface area contributed by atoms with Gasteiger partial charge in [-0.1, -0.05) is 43.9 Å². The van der Waals surface area contributed by atoms with Crippen LogP contribution in [0, 0.1) is 12.8 Å². The first-order valence-corrected chi connectivity index (χ1v) is 12.5. The molecule has 0 amide bonds. The van der Waals surface area contributed by atoms with Gasteiger partial charge < -0.3 is 9.88 Å². The molecule has 1 aromatic heterocycles. The number of aromatic amines is 1. The Morgan fingerprint density at radius 3 is 2.53 bits per heavy atom. The van der Waals surface area contributed by atoms with Crippen LogP contribution in [0.15, 0.2) is 30.6 Å². The van der Waals surface area contributed by atoms with E-state index in [1.807, 2.05) is 19.1 Å². The summed E-state index contributed by atoms with van der Waals surface area (Å²) in [5.41, 5.74) is -2.30. The number of aromatic nitrogens is 2. The molecule has 1 fully saturated rings. The van der Waals surface area contributed by atoms with Gasteiger partial charge in [-0.3, -0.25) is 0 Å². The number of alkyl halides is 3. The predicted octanol–water partition coefficient (Wildman–Crippen LogP) is 4.73. The number of benzene rings is 1. The van der Waals surface area contributed by atoms with Crippen molar-refractivity contribution in [3.63, 3.8) is 0 Å². The summed E-state index contributed by atoms with van der Waals surface area (Å²) in [6.07, 6.45) is 7.74. The molecule has 1 aliphatic heterocycles. The molecule has 32 heavy (non-hydrogen) atoms. The molecule has 0 bridgehead atoms. The second-order valence-electron chi connectivity index (χ2n) is 8.86. The minimum Gasteiger partial charge on any atom is -0.361 e. The Bertz CT molecular complexity index is 1030. The topological polar surface area (TPSA) is 69.3 Å². The molecule has 0 spiro atoms. The summed E-state index contributed by atoms with van der Waals surface area (Å²) < 4.78 is 65.9. The van der Waals surface area contributed by atoms with Crippen LogP contribution in [0.5, 0.6) is 0 Å². The van der Waals surface area contributed by atoms with Gasteiger partial charge in [0.1, 0.15) is 0 Å². The summed E-state index contributed by atoms with van der Waals surface area (Å²) in [6.45, 7) is 1.81. The molecule has 176 valence electrons. The van der Waals surface area contributed by atoms with E-state index in [1.165, 1.54) is 12.8 Å². The summed E-state index contributed by atoms with van der Waals surface area (Å²) in [5, 5.41) is 0. The van der Waals surface area contributed by atoms with Crippen molar-refractivity contribution in [1.29, 1.82) is 0 Å². The van der Waals surface area contributed by atoms with Crippen LogP contribution in [-0.4, -0.2) is 40.8 Å². The molecule has 2 aromatic rings. The van der Waals surface area contributed by atoms with Crippen molar-refractivity contribution in [3.05, 3.63) is 47.5 Å². The van der Waals surface area contributed by atoms with E-state index in [1.54, 1.807) is 18.5 Å². The van der Waals surface area contributed by atoms with Gasteiger partial charge in [0.2, 0.25) is 0 Å². The molecule has 6 nitrogen and oxygen atoms in total. The fourth-order valence-corrected chi connectivity index (χ4v) is 5.91. The van der Waals surface area contributed by atoms with Gasteiger partial charge in [0.15, 0.2) is 0 Å². The van der Waals surface area contributed by atoms with Crippen LogP contribution >= 0.6 is 0 Å². The van der Waals surface area contributed by atoms with Crippen molar-refractivity contribution in [2.75, 3.05) is 11.4 Å². The number of nitrogens with zero attached hydrogens (tertiary/aromatic N) is 3. The van der Waals surface area contributed by atoms with Gasteiger partial charge in [0, 0.05) is 30.5 Å². The Hall–Kier alpha value is -2.07. The van der Waals surface area contributed by atoms with E-state index in [9.17, 15) is 21.6 Å². The maximum Gasteiger partial charge on any atom is 0.511 e. The highest BCUT2D eigenvalue weighted by Gasteiger charge is 2.51. The first kappa shape index (κ1) is 23.1. The maximum atomic E-state index is 13.5. The molecule has 2 aliphatic rings. The predicted molar refractivity (Wildman–Crippen MR) is 116 cm³/mol. The zero-order valence-corrected chi connectivity index (χ0v) is 18.9. The van der Waals surface area contributed by atoms with Gasteiger partial charge in [-0.25, -0.2) is 13.4 Å². The number of H-pyrrole nitrogens is 1. The quantitative estimate of drug-likeness (QED) is 0.663. The Labute approximate surface area is 186 Å². The fraction of sp³-hybridized carbons (Fsp3) is 0.591. The van der Waals surface area contributed by atoms with E-state index in [-0.39, 0.29) is 19.1 Å². The molecular formula is C22H29F3N4O2S. The Balaban J connectivity index is 1.72. The van der Waals surface area contributed by atoms with Crippen molar-refractivity contribution in [2.45, 2.75) is 70.1 Å². The van der Waals surface area contributed by atoms with E-state index in [4.69, 9.17) is 0 Å². The van der Waals surface area contributed by atoms with E-state index >= 15 is 0 Å². The molecule has 1 aromatic carbocycles. The second-order valence-corrected chi connectivity index (χ2v) is 10.8. The molecule has 1 saturated carbocycles. The number of nitrogens with one attached hydrogen (secondary N) is 1. The van der Waals surface area contributed by atoms with Crippen LogP contribution in [0.1, 0.15) is 55.5 Å². The zero-order chi connectivity index (χ0) is 22.9. The number of anilines is 1. The van der Waals surface area contributed by atoms with E-state index in [2.05, 4.69) is 14.9 Å². The summed E-state index contributed by atoms with van der Waals surface area (Å²) in [4.78, 5) is 9.49. The van der Waals surface area contributed by atoms with Gasteiger partial charge in [0.25, 0.3) is 0 Å². The highest BCUT2D eigenvalue weighted by molar-refractivity contribution is 7.89. The van der Waals surface area contributed by atoms with Gasteiger partial charge in [0.05, 0.1) is 18.6 Å². The SMILES string of the molecule is Cc1[nH]cnc1CN1c2ccccc2CN(S(=O)(=O)C(F)(F)F)C[C@H]1CCC1CCCC1. The van der Waals surface area contributed by atoms with Crippen molar-refractivity contribution < 1.29 is 21.6 Å². The van der Waals surface area contributed by atoms with Gasteiger partial charge in [-0.15, -0.1) is 0 Å². The average Bonchev–Trinajstić information content (AvgIpc) is 3.36. The van der Waals surface area contributed by atoms with Crippen LogP contribution in [0.25, 0.3) is 0 Å². The zero-order valence-electron chi connectivity index (χ0n) is 18.1. The monoisotopic (exact) mass is 470 g/mol. The summed E-state index contributed by atoms with van der Waals surface area (Å²) in [6, 6.07) is 6.76. The van der Waals surface area contributed by atoms with Gasteiger partial charge >= 0.3 is 15.5 Å². The van der Waals surface area contributed by atoms with Crippen LogP contribution < -0.4 is 4.90 Å².